The predicted molar refractivity (Wildman–Crippen MR) is 70.9 cm³/mol. The van der Waals surface area contributed by atoms with Gasteiger partial charge in [0, 0.05) is 9.37 Å². The van der Waals surface area contributed by atoms with E-state index in [1.54, 1.807) is 18.1 Å². The smallest absolute Gasteiger partial charge is 0.174 e. The fourth-order valence-corrected chi connectivity index (χ4v) is 3.45. The summed E-state index contributed by atoms with van der Waals surface area (Å²) in [4.78, 5) is 5.29. The summed E-state index contributed by atoms with van der Waals surface area (Å²) in [5.41, 5.74) is 6.77. The van der Waals surface area contributed by atoms with Crippen LogP contribution in [0.4, 0.5) is 0 Å². The third-order valence-corrected chi connectivity index (χ3v) is 4.43. The molecule has 2 aromatic rings. The van der Waals surface area contributed by atoms with E-state index >= 15 is 0 Å². The molecule has 2 rings (SSSR count). The van der Waals surface area contributed by atoms with Crippen molar-refractivity contribution in [2.24, 2.45) is 5.73 Å². The normalized spacial score (nSPS) is 10.6. The van der Waals surface area contributed by atoms with Crippen LogP contribution >= 0.6 is 39.2 Å². The number of aromatic nitrogens is 2. The van der Waals surface area contributed by atoms with Crippen LogP contribution in [0.2, 0.25) is 0 Å². The van der Waals surface area contributed by atoms with Crippen LogP contribution in [0, 0.1) is 0 Å². The number of hydrogen-bond donors (Lipinski definition) is 1. The second kappa shape index (κ2) is 5.77. The molecule has 6 heteroatoms. The van der Waals surface area contributed by atoms with E-state index in [0.717, 1.165) is 20.1 Å². The third-order valence-electron chi connectivity index (χ3n) is 1.98. The van der Waals surface area contributed by atoms with Crippen LogP contribution in [0.3, 0.4) is 0 Å². The highest BCUT2D eigenvalue weighted by molar-refractivity contribution is 9.10. The van der Waals surface area contributed by atoms with E-state index in [2.05, 4.69) is 43.5 Å². The van der Waals surface area contributed by atoms with Gasteiger partial charge in [0.05, 0.1) is 0 Å². The van der Waals surface area contributed by atoms with Crippen LogP contribution in [0.5, 0.6) is 0 Å². The minimum absolute atomic E-state index is 0.668. The molecule has 2 N–H and O–H groups in total. The minimum atomic E-state index is 0.668. The molecule has 0 saturated carbocycles. The summed E-state index contributed by atoms with van der Waals surface area (Å²) in [7, 11) is 0. The maximum absolute atomic E-state index is 5.53. The number of benzene rings is 1. The average Bonchev–Trinajstić information content (AvgIpc) is 2.75. The lowest BCUT2D eigenvalue weighted by Gasteiger charge is -2.04. The Labute approximate surface area is 111 Å². The predicted octanol–water partition coefficient (Wildman–Crippen LogP) is 2.95. The fraction of sp³-hybridized carbons (Fsp3) is 0.200. The number of hydrogen-bond acceptors (Lipinski definition) is 5. The minimum Gasteiger partial charge on any atom is -0.330 e. The molecular formula is C10H10BrN3S2. The number of nitrogens with zero attached hydrogens (tertiary/aromatic N) is 2. The Balaban J connectivity index is 2.15. The lowest BCUT2D eigenvalue weighted by molar-refractivity contribution is 0.960. The summed E-state index contributed by atoms with van der Waals surface area (Å²) in [6, 6.07) is 6.28. The SMILES string of the molecule is NCCc1ccc(Sc2ncns2)cc1Br. The van der Waals surface area contributed by atoms with Crippen LogP contribution in [0.25, 0.3) is 0 Å². The number of halogens is 1. The van der Waals surface area contributed by atoms with Gasteiger partial charge >= 0.3 is 0 Å². The van der Waals surface area contributed by atoms with Gasteiger partial charge in [-0.15, -0.1) is 0 Å². The third kappa shape index (κ3) is 3.04. The van der Waals surface area contributed by atoms with Gasteiger partial charge in [0.1, 0.15) is 6.33 Å². The molecule has 84 valence electrons. The van der Waals surface area contributed by atoms with Crippen molar-refractivity contribution in [3.8, 4) is 0 Å². The molecule has 0 saturated heterocycles. The van der Waals surface area contributed by atoms with E-state index in [0.29, 0.717) is 6.54 Å². The van der Waals surface area contributed by atoms with Gasteiger partial charge in [-0.2, -0.15) is 4.37 Å². The number of nitrogens with two attached hydrogens (primary N) is 1. The molecule has 1 aromatic carbocycles. The van der Waals surface area contributed by atoms with E-state index in [1.807, 2.05) is 0 Å². The van der Waals surface area contributed by atoms with Crippen molar-refractivity contribution in [3.63, 3.8) is 0 Å². The van der Waals surface area contributed by atoms with Crippen molar-refractivity contribution in [1.29, 1.82) is 0 Å². The molecule has 0 spiro atoms. The van der Waals surface area contributed by atoms with E-state index < -0.39 is 0 Å². The molecular weight excluding hydrogens is 306 g/mol. The highest BCUT2D eigenvalue weighted by atomic mass is 79.9. The molecule has 0 atom stereocenters. The molecule has 0 aliphatic carbocycles. The molecule has 16 heavy (non-hydrogen) atoms. The van der Waals surface area contributed by atoms with E-state index in [4.69, 9.17) is 5.73 Å². The standard InChI is InChI=1S/C10H10BrN3S2/c11-9-5-8(2-1-7(9)3-4-12)15-10-13-6-14-16-10/h1-2,5-6H,3-4,12H2. The Morgan fingerprint density at radius 2 is 2.31 bits per heavy atom. The zero-order chi connectivity index (χ0) is 11.4. The van der Waals surface area contributed by atoms with Crippen LogP contribution in [-0.4, -0.2) is 15.9 Å². The van der Waals surface area contributed by atoms with Gasteiger partial charge in [0.25, 0.3) is 0 Å². The second-order valence-electron chi connectivity index (χ2n) is 3.10. The van der Waals surface area contributed by atoms with Gasteiger partial charge in [0.15, 0.2) is 4.34 Å². The van der Waals surface area contributed by atoms with Crippen molar-refractivity contribution >= 4 is 39.2 Å². The lowest BCUT2D eigenvalue weighted by Crippen LogP contribution is -2.03. The maximum Gasteiger partial charge on any atom is 0.174 e. The van der Waals surface area contributed by atoms with Crippen LogP contribution in [0.1, 0.15) is 5.56 Å². The summed E-state index contributed by atoms with van der Waals surface area (Å²) in [5.74, 6) is 0. The summed E-state index contributed by atoms with van der Waals surface area (Å²) >= 11 is 6.57. The average molecular weight is 316 g/mol. The van der Waals surface area contributed by atoms with Crippen molar-refractivity contribution in [2.75, 3.05) is 6.54 Å². The Morgan fingerprint density at radius 3 is 2.94 bits per heavy atom. The van der Waals surface area contributed by atoms with Gasteiger partial charge in [0.2, 0.25) is 0 Å². The van der Waals surface area contributed by atoms with E-state index in [1.165, 1.54) is 17.1 Å². The quantitative estimate of drug-likeness (QED) is 0.942. The Bertz CT molecular complexity index is 459. The number of rotatable bonds is 4. The maximum atomic E-state index is 5.53. The largest absolute Gasteiger partial charge is 0.330 e. The Morgan fingerprint density at radius 1 is 1.44 bits per heavy atom. The molecule has 1 aromatic heterocycles. The van der Waals surface area contributed by atoms with Gasteiger partial charge in [-0.25, -0.2) is 4.98 Å². The van der Waals surface area contributed by atoms with Crippen LogP contribution in [0.15, 0.2) is 38.2 Å². The first-order valence-corrected chi connectivity index (χ1v) is 7.11. The van der Waals surface area contributed by atoms with Crippen molar-refractivity contribution in [3.05, 3.63) is 34.6 Å². The second-order valence-corrected chi connectivity index (χ2v) is 6.06. The van der Waals surface area contributed by atoms with E-state index in [9.17, 15) is 0 Å². The van der Waals surface area contributed by atoms with Gasteiger partial charge < -0.3 is 5.73 Å². The summed E-state index contributed by atoms with van der Waals surface area (Å²) < 4.78 is 6.03. The van der Waals surface area contributed by atoms with Crippen molar-refractivity contribution in [2.45, 2.75) is 15.7 Å². The zero-order valence-electron chi connectivity index (χ0n) is 8.39. The first-order valence-electron chi connectivity index (χ1n) is 4.72. The zero-order valence-corrected chi connectivity index (χ0v) is 11.6. The summed E-state index contributed by atoms with van der Waals surface area (Å²) in [6.45, 7) is 0.668. The highest BCUT2D eigenvalue weighted by Crippen LogP contribution is 2.31. The van der Waals surface area contributed by atoms with E-state index in [-0.39, 0.29) is 0 Å². The first kappa shape index (κ1) is 12.0. The van der Waals surface area contributed by atoms with Crippen LogP contribution in [-0.2, 0) is 6.42 Å². The molecule has 0 unspecified atom stereocenters. The highest BCUT2D eigenvalue weighted by Gasteiger charge is 2.04. The summed E-state index contributed by atoms with van der Waals surface area (Å²) in [6.07, 6.45) is 2.47. The van der Waals surface area contributed by atoms with Gasteiger partial charge in [-0.05, 0) is 42.2 Å². The molecule has 0 radical (unpaired) electrons. The summed E-state index contributed by atoms with van der Waals surface area (Å²) in [5, 5.41) is 0. The van der Waals surface area contributed by atoms with Crippen molar-refractivity contribution < 1.29 is 0 Å². The monoisotopic (exact) mass is 315 g/mol. The molecule has 3 nitrogen and oxygen atoms in total. The Kier molecular flexibility index (Phi) is 4.34. The van der Waals surface area contributed by atoms with Crippen LogP contribution < -0.4 is 5.73 Å². The topological polar surface area (TPSA) is 51.8 Å². The molecule has 0 aliphatic heterocycles. The van der Waals surface area contributed by atoms with Gasteiger partial charge in [-0.3, -0.25) is 0 Å². The fourth-order valence-electron chi connectivity index (χ4n) is 1.26. The van der Waals surface area contributed by atoms with Crippen molar-refractivity contribution in [1.82, 2.24) is 9.36 Å². The molecule has 0 bridgehead atoms. The molecule has 0 amide bonds. The lowest BCUT2D eigenvalue weighted by atomic mass is 10.1. The Hall–Kier alpha value is -0.430. The molecule has 0 fully saturated rings. The molecule has 1 heterocycles. The first-order chi connectivity index (χ1) is 7.79. The van der Waals surface area contributed by atoms with Gasteiger partial charge in [-0.1, -0.05) is 33.8 Å². The molecule has 0 aliphatic rings.